The van der Waals surface area contributed by atoms with Gasteiger partial charge in [-0.3, -0.25) is 10.7 Å². The molecule has 0 unspecified atom stereocenters. The van der Waals surface area contributed by atoms with Gasteiger partial charge < -0.3 is 10.4 Å². The Bertz CT molecular complexity index is 932. The summed E-state index contributed by atoms with van der Waals surface area (Å²) in [4.78, 5) is 9.94. The van der Waals surface area contributed by atoms with E-state index < -0.39 is 0 Å². The molecule has 1 saturated heterocycles. The van der Waals surface area contributed by atoms with Gasteiger partial charge in [0.2, 0.25) is 0 Å². The summed E-state index contributed by atoms with van der Waals surface area (Å²) < 4.78 is 0. The van der Waals surface area contributed by atoms with E-state index in [1.54, 1.807) is 6.20 Å². The molecule has 0 radical (unpaired) electrons. The van der Waals surface area contributed by atoms with Crippen LogP contribution in [0.1, 0.15) is 24.0 Å². The van der Waals surface area contributed by atoms with E-state index in [4.69, 9.17) is 17.4 Å². The standard InChI is InChI=1S/C20H22ClN5/c21-17-11-24-20-16(8-9-23-20)18(17)19(25-22)15-7-4-10-26(13-15)12-14-5-2-1-3-6-14/h1-3,5-6,8-9,11,25H,4,7,10,12-13,22H2,(H,23,24). The number of piperidine rings is 1. The van der Waals surface area contributed by atoms with Gasteiger partial charge >= 0.3 is 0 Å². The summed E-state index contributed by atoms with van der Waals surface area (Å²) in [6.45, 7) is 2.89. The van der Waals surface area contributed by atoms with Crippen LogP contribution in [0.4, 0.5) is 0 Å². The number of hydrazine groups is 1. The number of H-pyrrole nitrogens is 1. The lowest BCUT2D eigenvalue weighted by atomic mass is 9.97. The van der Waals surface area contributed by atoms with Crippen LogP contribution in [0.3, 0.4) is 0 Å². The topological polar surface area (TPSA) is 70.0 Å². The van der Waals surface area contributed by atoms with Crippen LogP contribution in [0.5, 0.6) is 0 Å². The highest BCUT2D eigenvalue weighted by atomic mass is 35.5. The molecule has 1 aliphatic rings. The van der Waals surface area contributed by atoms with E-state index in [2.05, 4.69) is 50.6 Å². The minimum Gasteiger partial charge on any atom is -0.346 e. The highest BCUT2D eigenvalue weighted by Crippen LogP contribution is 2.33. The zero-order valence-corrected chi connectivity index (χ0v) is 15.3. The summed E-state index contributed by atoms with van der Waals surface area (Å²) in [5, 5.41) is 1.59. The Morgan fingerprint density at radius 2 is 2.12 bits per heavy atom. The number of halogens is 1. The fourth-order valence-corrected chi connectivity index (χ4v) is 3.96. The minimum atomic E-state index is 0.609. The summed E-state index contributed by atoms with van der Waals surface area (Å²) >= 11 is 6.50. The molecule has 5 nitrogen and oxygen atoms in total. The quantitative estimate of drug-likeness (QED) is 0.486. The van der Waals surface area contributed by atoms with Gasteiger partial charge in [0.15, 0.2) is 0 Å². The number of hydrogen-bond acceptors (Lipinski definition) is 4. The third kappa shape index (κ3) is 3.33. The number of aromatic nitrogens is 2. The van der Waals surface area contributed by atoms with Gasteiger partial charge in [0.25, 0.3) is 0 Å². The lowest BCUT2D eigenvalue weighted by Crippen LogP contribution is -2.33. The molecule has 0 bridgehead atoms. The van der Waals surface area contributed by atoms with Crippen molar-refractivity contribution < 1.29 is 0 Å². The Hall–Kier alpha value is -2.34. The van der Waals surface area contributed by atoms with E-state index in [1.807, 2.05) is 12.3 Å². The maximum Gasteiger partial charge on any atom is 0.138 e. The molecule has 3 aromatic rings. The molecule has 0 aliphatic carbocycles. The van der Waals surface area contributed by atoms with Crippen molar-refractivity contribution in [3.8, 4) is 0 Å². The predicted molar refractivity (Wildman–Crippen MR) is 106 cm³/mol. The van der Waals surface area contributed by atoms with Gasteiger partial charge in [-0.25, -0.2) is 4.98 Å². The molecular formula is C20H22ClN5. The molecule has 1 aliphatic heterocycles. The van der Waals surface area contributed by atoms with Crippen molar-refractivity contribution in [2.75, 3.05) is 13.1 Å². The zero-order valence-electron chi connectivity index (χ0n) is 14.5. The number of rotatable bonds is 4. The first-order valence-electron chi connectivity index (χ1n) is 8.83. The summed E-state index contributed by atoms with van der Waals surface area (Å²) in [6.07, 6.45) is 5.67. The molecule has 6 heteroatoms. The minimum absolute atomic E-state index is 0.609. The highest BCUT2D eigenvalue weighted by molar-refractivity contribution is 6.33. The van der Waals surface area contributed by atoms with Crippen LogP contribution in [0.2, 0.25) is 5.02 Å². The number of pyridine rings is 1. The molecule has 4 rings (SSSR count). The largest absolute Gasteiger partial charge is 0.346 e. The third-order valence-corrected chi connectivity index (χ3v) is 5.19. The fourth-order valence-electron chi connectivity index (χ4n) is 3.71. The number of nitrogens with zero attached hydrogens (tertiary/aromatic N) is 2. The van der Waals surface area contributed by atoms with E-state index in [1.165, 1.54) is 11.1 Å². The van der Waals surface area contributed by atoms with Crippen molar-refractivity contribution in [1.82, 2.24) is 20.3 Å². The SMILES string of the molecule is NNC(=C1CCCN(Cc2ccccc2)C1)c1c(Cl)cnc2[nH]ccc12. The first kappa shape index (κ1) is 17.1. The molecule has 3 heterocycles. The Labute approximate surface area is 157 Å². The lowest BCUT2D eigenvalue weighted by molar-refractivity contribution is 0.258. The second kappa shape index (κ2) is 7.50. The smallest absolute Gasteiger partial charge is 0.138 e. The van der Waals surface area contributed by atoms with E-state index >= 15 is 0 Å². The van der Waals surface area contributed by atoms with Crippen molar-refractivity contribution in [2.24, 2.45) is 5.84 Å². The normalized spacial score (nSPS) is 17.5. The van der Waals surface area contributed by atoms with Crippen LogP contribution in [-0.2, 0) is 6.54 Å². The van der Waals surface area contributed by atoms with Gasteiger partial charge in [-0.1, -0.05) is 41.9 Å². The molecular weight excluding hydrogens is 346 g/mol. The first-order valence-corrected chi connectivity index (χ1v) is 9.21. The third-order valence-electron chi connectivity index (χ3n) is 4.90. The number of nitrogens with one attached hydrogen (secondary N) is 2. The van der Waals surface area contributed by atoms with Gasteiger partial charge in [0.05, 0.1) is 10.7 Å². The van der Waals surface area contributed by atoms with E-state index in [-0.39, 0.29) is 0 Å². The molecule has 4 N–H and O–H groups in total. The summed E-state index contributed by atoms with van der Waals surface area (Å²) in [5.74, 6) is 5.95. The number of hydrogen-bond donors (Lipinski definition) is 3. The second-order valence-electron chi connectivity index (χ2n) is 6.64. The van der Waals surface area contributed by atoms with Crippen LogP contribution in [0, 0.1) is 0 Å². The molecule has 0 spiro atoms. The Balaban J connectivity index is 1.68. The maximum atomic E-state index is 6.50. The molecule has 2 aromatic heterocycles. The van der Waals surface area contributed by atoms with Gasteiger partial charge in [-0.05, 0) is 36.6 Å². The van der Waals surface area contributed by atoms with Crippen molar-refractivity contribution in [3.63, 3.8) is 0 Å². The average molecular weight is 368 g/mol. The number of likely N-dealkylation sites (tertiary alicyclic amines) is 1. The van der Waals surface area contributed by atoms with Gasteiger partial charge in [-0.2, -0.15) is 0 Å². The molecule has 1 fully saturated rings. The van der Waals surface area contributed by atoms with Gasteiger partial charge in [-0.15, -0.1) is 0 Å². The van der Waals surface area contributed by atoms with Crippen LogP contribution in [0.25, 0.3) is 16.7 Å². The molecule has 134 valence electrons. The summed E-state index contributed by atoms with van der Waals surface area (Å²) in [7, 11) is 0. The zero-order chi connectivity index (χ0) is 17.9. The van der Waals surface area contributed by atoms with E-state index in [0.717, 1.165) is 54.8 Å². The van der Waals surface area contributed by atoms with Gasteiger partial charge in [0.1, 0.15) is 5.65 Å². The monoisotopic (exact) mass is 367 g/mol. The Morgan fingerprint density at radius 1 is 1.27 bits per heavy atom. The number of benzene rings is 1. The molecule has 0 saturated carbocycles. The number of fused-ring (bicyclic) bond motifs is 1. The second-order valence-corrected chi connectivity index (χ2v) is 7.05. The van der Waals surface area contributed by atoms with Crippen LogP contribution in [0.15, 0.2) is 54.4 Å². The van der Waals surface area contributed by atoms with Crippen molar-refractivity contribution >= 4 is 28.3 Å². The van der Waals surface area contributed by atoms with Crippen LogP contribution in [-0.4, -0.2) is 28.0 Å². The summed E-state index contributed by atoms with van der Waals surface area (Å²) in [6, 6.07) is 12.6. The Kier molecular flexibility index (Phi) is 4.93. The van der Waals surface area contributed by atoms with E-state index in [0.29, 0.717) is 5.02 Å². The van der Waals surface area contributed by atoms with Crippen molar-refractivity contribution in [1.29, 1.82) is 0 Å². The van der Waals surface area contributed by atoms with E-state index in [9.17, 15) is 0 Å². The fraction of sp³-hybridized carbons (Fsp3) is 0.250. The highest BCUT2D eigenvalue weighted by Gasteiger charge is 2.21. The van der Waals surface area contributed by atoms with Crippen molar-refractivity contribution in [2.45, 2.75) is 19.4 Å². The molecule has 0 amide bonds. The predicted octanol–water partition coefficient (Wildman–Crippen LogP) is 3.69. The molecule has 1 aromatic carbocycles. The first-order chi connectivity index (χ1) is 12.8. The van der Waals surface area contributed by atoms with Gasteiger partial charge in [0, 0.05) is 36.4 Å². The molecule has 0 atom stereocenters. The van der Waals surface area contributed by atoms with Crippen LogP contribution < -0.4 is 11.3 Å². The number of aromatic amines is 1. The average Bonchev–Trinajstić information content (AvgIpc) is 3.14. The summed E-state index contributed by atoms with van der Waals surface area (Å²) in [5.41, 5.74) is 8.19. The number of nitrogens with two attached hydrogens (primary N) is 1. The maximum absolute atomic E-state index is 6.50. The molecule has 26 heavy (non-hydrogen) atoms. The lowest BCUT2D eigenvalue weighted by Gasteiger charge is -2.30. The Morgan fingerprint density at radius 3 is 2.92 bits per heavy atom. The van der Waals surface area contributed by atoms with Crippen molar-refractivity contribution in [3.05, 3.63) is 70.5 Å². The van der Waals surface area contributed by atoms with Crippen LogP contribution >= 0.6 is 11.6 Å².